The standard InChI is InChI=1S/C16H24N2O2/c1-2-20-15-8-6-14(7-9-15)12-17-13-16(19)18-10-4-3-5-11-18/h6-9,17H,2-5,10-13H2,1H3. The van der Waals surface area contributed by atoms with Crippen molar-refractivity contribution in [1.82, 2.24) is 10.2 Å². The number of hydrogen-bond donors (Lipinski definition) is 1. The van der Waals surface area contributed by atoms with Gasteiger partial charge in [0.15, 0.2) is 0 Å². The maximum absolute atomic E-state index is 12.0. The zero-order chi connectivity index (χ0) is 14.2. The Morgan fingerprint density at radius 3 is 2.55 bits per heavy atom. The monoisotopic (exact) mass is 276 g/mol. The third kappa shape index (κ3) is 4.53. The van der Waals surface area contributed by atoms with Gasteiger partial charge in [-0.3, -0.25) is 4.79 Å². The molecular weight excluding hydrogens is 252 g/mol. The molecule has 110 valence electrons. The predicted octanol–water partition coefficient (Wildman–Crippen LogP) is 2.19. The summed E-state index contributed by atoms with van der Waals surface area (Å²) in [5.74, 6) is 1.11. The van der Waals surface area contributed by atoms with E-state index in [1.165, 1.54) is 12.0 Å². The molecule has 0 radical (unpaired) electrons. The van der Waals surface area contributed by atoms with Crippen LogP contribution in [0, 0.1) is 0 Å². The Hall–Kier alpha value is -1.55. The second-order valence-electron chi connectivity index (χ2n) is 5.12. The molecule has 1 N–H and O–H groups in total. The van der Waals surface area contributed by atoms with Crippen molar-refractivity contribution in [1.29, 1.82) is 0 Å². The Balaban J connectivity index is 1.70. The molecule has 4 heteroatoms. The van der Waals surface area contributed by atoms with Crippen molar-refractivity contribution in [3.63, 3.8) is 0 Å². The molecular formula is C16H24N2O2. The van der Waals surface area contributed by atoms with Gasteiger partial charge < -0.3 is 15.0 Å². The van der Waals surface area contributed by atoms with Gasteiger partial charge in [0.2, 0.25) is 5.91 Å². The van der Waals surface area contributed by atoms with Crippen molar-refractivity contribution < 1.29 is 9.53 Å². The highest BCUT2D eigenvalue weighted by molar-refractivity contribution is 5.78. The van der Waals surface area contributed by atoms with Crippen LogP contribution in [0.2, 0.25) is 0 Å². The van der Waals surface area contributed by atoms with Crippen LogP contribution in [0.3, 0.4) is 0 Å². The molecule has 0 spiro atoms. The molecule has 0 atom stereocenters. The molecule has 0 saturated carbocycles. The number of ether oxygens (including phenoxy) is 1. The lowest BCUT2D eigenvalue weighted by atomic mass is 10.1. The summed E-state index contributed by atoms with van der Waals surface area (Å²) in [7, 11) is 0. The largest absolute Gasteiger partial charge is 0.494 e. The van der Waals surface area contributed by atoms with E-state index in [1.807, 2.05) is 36.1 Å². The number of amides is 1. The van der Waals surface area contributed by atoms with Crippen molar-refractivity contribution in [2.24, 2.45) is 0 Å². The minimum atomic E-state index is 0.218. The first-order valence-electron chi connectivity index (χ1n) is 7.50. The smallest absolute Gasteiger partial charge is 0.236 e. The minimum Gasteiger partial charge on any atom is -0.494 e. The maximum Gasteiger partial charge on any atom is 0.236 e. The van der Waals surface area contributed by atoms with Crippen LogP contribution in [-0.4, -0.2) is 37.0 Å². The van der Waals surface area contributed by atoms with E-state index in [0.29, 0.717) is 19.7 Å². The quantitative estimate of drug-likeness (QED) is 0.866. The number of nitrogens with one attached hydrogen (secondary N) is 1. The van der Waals surface area contributed by atoms with Gasteiger partial charge in [-0.1, -0.05) is 12.1 Å². The molecule has 2 rings (SSSR count). The Kier molecular flexibility index (Phi) is 5.87. The van der Waals surface area contributed by atoms with Gasteiger partial charge in [0.25, 0.3) is 0 Å². The average Bonchev–Trinajstić information content (AvgIpc) is 2.50. The van der Waals surface area contributed by atoms with Crippen LogP contribution < -0.4 is 10.1 Å². The molecule has 1 saturated heterocycles. The molecule has 1 aromatic rings. The summed E-state index contributed by atoms with van der Waals surface area (Å²) in [5, 5.41) is 3.22. The number of rotatable bonds is 6. The molecule has 0 aliphatic carbocycles. The SMILES string of the molecule is CCOc1ccc(CNCC(=O)N2CCCCC2)cc1. The second-order valence-corrected chi connectivity index (χ2v) is 5.12. The molecule has 0 bridgehead atoms. The fraction of sp³-hybridized carbons (Fsp3) is 0.562. The summed E-state index contributed by atoms with van der Waals surface area (Å²) < 4.78 is 5.40. The predicted molar refractivity (Wildman–Crippen MR) is 79.7 cm³/mol. The number of carbonyl (C=O) groups is 1. The van der Waals surface area contributed by atoms with Crippen molar-refractivity contribution in [3.8, 4) is 5.75 Å². The molecule has 4 nitrogen and oxygen atoms in total. The van der Waals surface area contributed by atoms with E-state index in [9.17, 15) is 4.79 Å². The van der Waals surface area contributed by atoms with Gasteiger partial charge in [0.1, 0.15) is 5.75 Å². The van der Waals surface area contributed by atoms with Crippen LogP contribution in [0.15, 0.2) is 24.3 Å². The zero-order valence-electron chi connectivity index (χ0n) is 12.2. The number of hydrogen-bond acceptors (Lipinski definition) is 3. The Bertz CT molecular complexity index is 411. The van der Waals surface area contributed by atoms with E-state index in [-0.39, 0.29) is 5.91 Å². The lowest BCUT2D eigenvalue weighted by molar-refractivity contribution is -0.131. The summed E-state index contributed by atoms with van der Waals surface area (Å²) in [6.07, 6.45) is 3.54. The number of piperidine rings is 1. The van der Waals surface area contributed by atoms with Crippen LogP contribution in [-0.2, 0) is 11.3 Å². The number of likely N-dealkylation sites (tertiary alicyclic amines) is 1. The van der Waals surface area contributed by atoms with Gasteiger partial charge in [0.05, 0.1) is 13.2 Å². The maximum atomic E-state index is 12.0. The molecule has 1 aliphatic rings. The minimum absolute atomic E-state index is 0.218. The van der Waals surface area contributed by atoms with E-state index in [2.05, 4.69) is 5.32 Å². The average molecular weight is 276 g/mol. The lowest BCUT2D eigenvalue weighted by Crippen LogP contribution is -2.40. The first-order chi connectivity index (χ1) is 9.79. The summed E-state index contributed by atoms with van der Waals surface area (Å²) >= 11 is 0. The van der Waals surface area contributed by atoms with Crippen LogP contribution in [0.1, 0.15) is 31.7 Å². The van der Waals surface area contributed by atoms with E-state index in [1.54, 1.807) is 0 Å². The first-order valence-corrected chi connectivity index (χ1v) is 7.50. The van der Waals surface area contributed by atoms with Crippen LogP contribution >= 0.6 is 0 Å². The van der Waals surface area contributed by atoms with Gasteiger partial charge in [-0.2, -0.15) is 0 Å². The second kappa shape index (κ2) is 7.90. The molecule has 1 amide bonds. The van der Waals surface area contributed by atoms with Crippen LogP contribution in [0.4, 0.5) is 0 Å². The highest BCUT2D eigenvalue weighted by atomic mass is 16.5. The van der Waals surface area contributed by atoms with Gasteiger partial charge in [-0.15, -0.1) is 0 Å². The van der Waals surface area contributed by atoms with E-state index >= 15 is 0 Å². The Labute approximate surface area is 121 Å². The van der Waals surface area contributed by atoms with E-state index < -0.39 is 0 Å². The van der Waals surface area contributed by atoms with E-state index in [4.69, 9.17) is 4.74 Å². The zero-order valence-corrected chi connectivity index (χ0v) is 12.2. The Morgan fingerprint density at radius 2 is 1.90 bits per heavy atom. The summed E-state index contributed by atoms with van der Waals surface area (Å²) in [5.41, 5.74) is 1.17. The molecule has 0 unspecified atom stereocenters. The number of benzene rings is 1. The highest BCUT2D eigenvalue weighted by Crippen LogP contribution is 2.12. The lowest BCUT2D eigenvalue weighted by Gasteiger charge is -2.26. The third-order valence-electron chi connectivity index (χ3n) is 3.55. The van der Waals surface area contributed by atoms with E-state index in [0.717, 1.165) is 31.7 Å². The number of carbonyl (C=O) groups excluding carboxylic acids is 1. The fourth-order valence-electron chi connectivity index (χ4n) is 2.44. The summed E-state index contributed by atoms with van der Waals surface area (Å²) in [6.45, 7) is 5.63. The third-order valence-corrected chi connectivity index (χ3v) is 3.55. The van der Waals surface area contributed by atoms with Crippen molar-refractivity contribution in [2.75, 3.05) is 26.2 Å². The first kappa shape index (κ1) is 14.9. The number of nitrogens with zero attached hydrogens (tertiary/aromatic N) is 1. The highest BCUT2D eigenvalue weighted by Gasteiger charge is 2.15. The van der Waals surface area contributed by atoms with Crippen molar-refractivity contribution in [3.05, 3.63) is 29.8 Å². The Morgan fingerprint density at radius 1 is 1.20 bits per heavy atom. The van der Waals surface area contributed by atoms with Crippen LogP contribution in [0.25, 0.3) is 0 Å². The van der Waals surface area contributed by atoms with Gasteiger partial charge in [-0.25, -0.2) is 0 Å². The fourth-order valence-corrected chi connectivity index (χ4v) is 2.44. The normalized spacial score (nSPS) is 15.2. The molecule has 1 heterocycles. The van der Waals surface area contributed by atoms with Gasteiger partial charge >= 0.3 is 0 Å². The van der Waals surface area contributed by atoms with Gasteiger partial charge in [0, 0.05) is 19.6 Å². The van der Waals surface area contributed by atoms with Crippen molar-refractivity contribution in [2.45, 2.75) is 32.7 Å². The van der Waals surface area contributed by atoms with Crippen LogP contribution in [0.5, 0.6) is 5.75 Å². The molecule has 0 aromatic heterocycles. The van der Waals surface area contributed by atoms with Crippen molar-refractivity contribution >= 4 is 5.91 Å². The molecule has 1 aliphatic heterocycles. The molecule has 1 fully saturated rings. The van der Waals surface area contributed by atoms with Gasteiger partial charge in [-0.05, 0) is 43.9 Å². The topological polar surface area (TPSA) is 41.6 Å². The summed E-state index contributed by atoms with van der Waals surface area (Å²) in [6, 6.07) is 7.99. The molecule has 1 aromatic carbocycles. The molecule has 20 heavy (non-hydrogen) atoms. The summed E-state index contributed by atoms with van der Waals surface area (Å²) in [4.78, 5) is 13.9.